The Morgan fingerprint density at radius 1 is 0.895 bits per heavy atom. The van der Waals surface area contributed by atoms with E-state index in [9.17, 15) is 0 Å². The topological polar surface area (TPSA) is 37.9 Å². The molecule has 0 unspecified atom stereocenters. The van der Waals surface area contributed by atoms with Crippen molar-refractivity contribution in [2.24, 2.45) is 0 Å². The van der Waals surface area contributed by atoms with E-state index in [4.69, 9.17) is 4.74 Å². The first kappa shape index (κ1) is 11.5. The highest BCUT2D eigenvalue weighted by Crippen LogP contribution is 2.27. The third kappa shape index (κ3) is 2.65. The van der Waals surface area contributed by atoms with Crippen molar-refractivity contribution in [1.82, 2.24) is 10.2 Å². The highest BCUT2D eigenvalue weighted by Gasteiger charge is 2.08. The van der Waals surface area contributed by atoms with E-state index >= 15 is 0 Å². The first-order valence-corrected chi connectivity index (χ1v) is 6.19. The van der Waals surface area contributed by atoms with Crippen LogP contribution in [0.3, 0.4) is 0 Å². The maximum Gasteiger partial charge on any atom is 0.217 e. The van der Waals surface area contributed by atoms with Gasteiger partial charge in [-0.05, 0) is 11.1 Å². The summed E-state index contributed by atoms with van der Waals surface area (Å²) in [5.74, 6) is 0.704. The van der Waals surface area contributed by atoms with E-state index in [1.54, 1.807) is 6.20 Å². The summed E-state index contributed by atoms with van der Waals surface area (Å²) < 4.78 is 5.80. The lowest BCUT2D eigenvalue weighted by molar-refractivity contribution is 0.294. The molecule has 1 N–H and O–H groups in total. The third-order valence-corrected chi connectivity index (χ3v) is 2.92. The number of ether oxygens (including phenoxy) is 1. The number of aromatic amines is 1. The van der Waals surface area contributed by atoms with Gasteiger partial charge in [-0.3, -0.25) is 0 Å². The van der Waals surface area contributed by atoms with Crippen LogP contribution in [0.1, 0.15) is 5.56 Å². The SMILES string of the molecule is c1ccc(COc2[nH]ncc2-c2ccccc2)cc1. The Hall–Kier alpha value is -2.55. The highest BCUT2D eigenvalue weighted by atomic mass is 16.5. The Kier molecular flexibility index (Phi) is 3.28. The summed E-state index contributed by atoms with van der Waals surface area (Å²) in [7, 11) is 0. The van der Waals surface area contributed by atoms with Crippen LogP contribution in [0.25, 0.3) is 11.1 Å². The summed E-state index contributed by atoms with van der Waals surface area (Å²) in [6.45, 7) is 0.531. The molecule has 0 saturated carbocycles. The normalized spacial score (nSPS) is 10.3. The molecule has 2 aromatic carbocycles. The molecule has 3 nitrogen and oxygen atoms in total. The molecule has 0 amide bonds. The lowest BCUT2D eigenvalue weighted by atomic mass is 10.1. The van der Waals surface area contributed by atoms with E-state index in [-0.39, 0.29) is 0 Å². The Morgan fingerprint density at radius 3 is 2.32 bits per heavy atom. The van der Waals surface area contributed by atoms with Gasteiger partial charge in [0, 0.05) is 0 Å². The number of hydrogen-bond acceptors (Lipinski definition) is 2. The fourth-order valence-corrected chi connectivity index (χ4v) is 1.94. The average molecular weight is 250 g/mol. The molecule has 0 spiro atoms. The Balaban J connectivity index is 1.78. The summed E-state index contributed by atoms with van der Waals surface area (Å²) in [6.07, 6.45) is 1.79. The molecule has 0 bridgehead atoms. The lowest BCUT2D eigenvalue weighted by Crippen LogP contribution is -1.96. The van der Waals surface area contributed by atoms with E-state index in [1.807, 2.05) is 60.7 Å². The van der Waals surface area contributed by atoms with Crippen LogP contribution in [0.4, 0.5) is 0 Å². The van der Waals surface area contributed by atoms with Crippen molar-refractivity contribution in [3.05, 3.63) is 72.4 Å². The van der Waals surface area contributed by atoms with E-state index in [0.29, 0.717) is 12.5 Å². The van der Waals surface area contributed by atoms with E-state index < -0.39 is 0 Å². The van der Waals surface area contributed by atoms with Crippen LogP contribution >= 0.6 is 0 Å². The van der Waals surface area contributed by atoms with Crippen molar-refractivity contribution >= 4 is 0 Å². The third-order valence-electron chi connectivity index (χ3n) is 2.92. The van der Waals surface area contributed by atoms with E-state index in [0.717, 1.165) is 16.7 Å². The van der Waals surface area contributed by atoms with Crippen molar-refractivity contribution in [2.75, 3.05) is 0 Å². The molecular weight excluding hydrogens is 236 g/mol. The maximum absolute atomic E-state index is 5.80. The second-order valence-corrected chi connectivity index (χ2v) is 4.25. The Bertz CT molecular complexity index is 632. The monoisotopic (exact) mass is 250 g/mol. The van der Waals surface area contributed by atoms with Gasteiger partial charge in [-0.1, -0.05) is 60.7 Å². The smallest absolute Gasteiger partial charge is 0.217 e. The van der Waals surface area contributed by atoms with Gasteiger partial charge in [0.15, 0.2) is 0 Å². The predicted molar refractivity (Wildman–Crippen MR) is 74.8 cm³/mol. The summed E-state index contributed by atoms with van der Waals surface area (Å²) in [4.78, 5) is 0. The number of rotatable bonds is 4. The summed E-state index contributed by atoms with van der Waals surface area (Å²) in [6, 6.07) is 20.2. The summed E-state index contributed by atoms with van der Waals surface area (Å²) in [5, 5.41) is 6.96. The number of hydrogen-bond donors (Lipinski definition) is 1. The van der Waals surface area contributed by atoms with Gasteiger partial charge >= 0.3 is 0 Å². The fourth-order valence-electron chi connectivity index (χ4n) is 1.94. The predicted octanol–water partition coefficient (Wildman–Crippen LogP) is 3.66. The second-order valence-electron chi connectivity index (χ2n) is 4.25. The van der Waals surface area contributed by atoms with E-state index in [1.165, 1.54) is 0 Å². The molecule has 0 aliphatic heterocycles. The number of H-pyrrole nitrogens is 1. The molecule has 1 heterocycles. The summed E-state index contributed by atoms with van der Waals surface area (Å²) in [5.41, 5.74) is 3.21. The van der Waals surface area contributed by atoms with Crippen molar-refractivity contribution in [3.63, 3.8) is 0 Å². The summed E-state index contributed by atoms with van der Waals surface area (Å²) >= 11 is 0. The Labute approximate surface area is 111 Å². The number of nitrogens with zero attached hydrogens (tertiary/aromatic N) is 1. The minimum absolute atomic E-state index is 0.531. The molecule has 94 valence electrons. The molecule has 0 saturated heterocycles. The number of aromatic nitrogens is 2. The minimum atomic E-state index is 0.531. The van der Waals surface area contributed by atoms with Gasteiger partial charge in [0.25, 0.3) is 0 Å². The molecule has 1 aromatic heterocycles. The quantitative estimate of drug-likeness (QED) is 0.767. The van der Waals surface area contributed by atoms with Crippen LogP contribution in [0, 0.1) is 0 Å². The van der Waals surface area contributed by atoms with Crippen LogP contribution in [0.5, 0.6) is 5.88 Å². The van der Waals surface area contributed by atoms with Crippen LogP contribution < -0.4 is 4.74 Å². The van der Waals surface area contributed by atoms with Gasteiger partial charge in [0.1, 0.15) is 6.61 Å². The van der Waals surface area contributed by atoms with Gasteiger partial charge in [0.05, 0.1) is 11.8 Å². The minimum Gasteiger partial charge on any atom is -0.473 e. The first-order valence-electron chi connectivity index (χ1n) is 6.19. The van der Waals surface area contributed by atoms with Crippen molar-refractivity contribution in [2.45, 2.75) is 6.61 Å². The fraction of sp³-hybridized carbons (Fsp3) is 0.0625. The number of nitrogens with one attached hydrogen (secondary N) is 1. The average Bonchev–Trinajstić information content (AvgIpc) is 2.95. The molecule has 19 heavy (non-hydrogen) atoms. The molecule has 3 rings (SSSR count). The van der Waals surface area contributed by atoms with Gasteiger partial charge in [0.2, 0.25) is 5.88 Å². The van der Waals surface area contributed by atoms with Crippen LogP contribution in [0.2, 0.25) is 0 Å². The molecule has 0 aliphatic carbocycles. The first-order chi connectivity index (χ1) is 9.43. The van der Waals surface area contributed by atoms with E-state index in [2.05, 4.69) is 10.2 Å². The molecule has 0 atom stereocenters. The molecule has 0 aliphatic rings. The largest absolute Gasteiger partial charge is 0.473 e. The lowest BCUT2D eigenvalue weighted by Gasteiger charge is -2.06. The zero-order chi connectivity index (χ0) is 12.9. The maximum atomic E-state index is 5.80. The van der Waals surface area contributed by atoms with Gasteiger partial charge < -0.3 is 4.74 Å². The molecule has 0 radical (unpaired) electrons. The van der Waals surface area contributed by atoms with Crippen LogP contribution in [0.15, 0.2) is 66.9 Å². The van der Waals surface area contributed by atoms with Gasteiger partial charge in [-0.2, -0.15) is 5.10 Å². The second kappa shape index (κ2) is 5.40. The molecular formula is C16H14N2O. The zero-order valence-electron chi connectivity index (χ0n) is 10.4. The van der Waals surface area contributed by atoms with Crippen LogP contribution in [-0.4, -0.2) is 10.2 Å². The highest BCUT2D eigenvalue weighted by molar-refractivity contribution is 5.67. The zero-order valence-corrected chi connectivity index (χ0v) is 10.4. The van der Waals surface area contributed by atoms with Gasteiger partial charge in [-0.15, -0.1) is 0 Å². The molecule has 3 heteroatoms. The van der Waals surface area contributed by atoms with Crippen molar-refractivity contribution < 1.29 is 4.74 Å². The van der Waals surface area contributed by atoms with Gasteiger partial charge in [-0.25, -0.2) is 5.10 Å². The Morgan fingerprint density at radius 2 is 1.58 bits per heavy atom. The number of benzene rings is 2. The molecule has 0 fully saturated rings. The van der Waals surface area contributed by atoms with Crippen molar-refractivity contribution in [1.29, 1.82) is 0 Å². The standard InChI is InChI=1S/C16H14N2O/c1-3-7-13(8-4-1)12-19-16-15(11-17-18-16)14-9-5-2-6-10-14/h1-11H,12H2,(H,17,18). The molecule has 3 aromatic rings. The van der Waals surface area contributed by atoms with Crippen molar-refractivity contribution in [3.8, 4) is 17.0 Å². The van der Waals surface area contributed by atoms with Crippen LogP contribution in [-0.2, 0) is 6.61 Å².